The number of aliphatic hydroxyl groups is 1. The fourth-order valence-corrected chi connectivity index (χ4v) is 2.65. The normalized spacial score (nSPS) is 11.2. The van der Waals surface area contributed by atoms with Crippen LogP contribution in [-0.4, -0.2) is 24.1 Å². The average Bonchev–Trinajstić information content (AvgIpc) is 2.48. The summed E-state index contributed by atoms with van der Waals surface area (Å²) in [5.74, 6) is -0.566. The molecule has 140 valence electrons. The lowest BCUT2D eigenvalue weighted by Gasteiger charge is -2.14. The maximum Gasteiger partial charge on any atom is 0.573 e. The quantitative estimate of drug-likeness (QED) is 0.646. The predicted molar refractivity (Wildman–Crippen MR) is 93.0 cm³/mol. The van der Waals surface area contributed by atoms with Crippen LogP contribution in [0.15, 0.2) is 36.4 Å². The Bertz CT molecular complexity index is 801. The Labute approximate surface area is 156 Å². The van der Waals surface area contributed by atoms with Gasteiger partial charge in [0.05, 0.1) is 0 Å². The molecule has 2 aromatic rings. The van der Waals surface area contributed by atoms with Crippen LogP contribution in [-0.2, 0) is 6.42 Å². The van der Waals surface area contributed by atoms with Crippen LogP contribution in [0.25, 0.3) is 0 Å². The van der Waals surface area contributed by atoms with Crippen molar-refractivity contribution in [2.24, 2.45) is 0 Å². The first-order chi connectivity index (χ1) is 12.2. The van der Waals surface area contributed by atoms with E-state index in [4.69, 9.17) is 28.3 Å². The van der Waals surface area contributed by atoms with E-state index < -0.39 is 18.1 Å². The summed E-state index contributed by atoms with van der Waals surface area (Å²) in [4.78, 5) is 12.1. The monoisotopic (exact) mass is 408 g/mol. The van der Waals surface area contributed by atoms with Gasteiger partial charge in [0.25, 0.3) is 0 Å². The second kappa shape index (κ2) is 8.48. The molecule has 0 saturated carbocycles. The van der Waals surface area contributed by atoms with Crippen molar-refractivity contribution in [1.82, 2.24) is 0 Å². The number of carbonyl (C=O) groups is 1. The molecule has 10 heteroatoms. The van der Waals surface area contributed by atoms with Gasteiger partial charge in [0.2, 0.25) is 0 Å². The number of aliphatic hydroxyl groups excluding tert-OH is 1. The molecule has 0 saturated heterocycles. The summed E-state index contributed by atoms with van der Waals surface area (Å²) in [6, 6.07) is 7.26. The number of alkyl halides is 3. The zero-order valence-corrected chi connectivity index (χ0v) is 14.5. The summed E-state index contributed by atoms with van der Waals surface area (Å²) in [5, 5.41) is 14.3. The Hall–Kier alpha value is -2.16. The molecule has 26 heavy (non-hydrogen) atoms. The van der Waals surface area contributed by atoms with E-state index in [2.05, 4.69) is 15.4 Å². The molecule has 0 aliphatic heterocycles. The average molecular weight is 409 g/mol. The SMILES string of the molecule is O=C(Nc1cc(Cl)cc(OC(F)(F)F)c1)Nc1cccc(Cl)c1CCO. The summed E-state index contributed by atoms with van der Waals surface area (Å²) in [6.07, 6.45) is -4.67. The molecule has 0 bridgehead atoms. The smallest absolute Gasteiger partial charge is 0.406 e. The minimum atomic E-state index is -4.88. The van der Waals surface area contributed by atoms with Crippen LogP contribution in [0.1, 0.15) is 5.56 Å². The zero-order valence-electron chi connectivity index (χ0n) is 13.0. The fourth-order valence-electron chi connectivity index (χ4n) is 2.15. The zero-order chi connectivity index (χ0) is 19.3. The molecule has 2 rings (SSSR count). The summed E-state index contributed by atoms with van der Waals surface area (Å²) in [7, 11) is 0. The molecule has 3 N–H and O–H groups in total. The number of urea groups is 1. The van der Waals surface area contributed by atoms with E-state index in [1.165, 1.54) is 6.07 Å². The third kappa shape index (κ3) is 5.98. The largest absolute Gasteiger partial charge is 0.573 e. The van der Waals surface area contributed by atoms with Crippen molar-refractivity contribution >= 4 is 40.6 Å². The lowest BCUT2D eigenvalue weighted by atomic mass is 10.1. The second-order valence-corrected chi connectivity index (χ2v) is 5.89. The molecule has 0 unspecified atom stereocenters. The predicted octanol–water partition coefficient (Wildman–Crippen LogP) is 5.07. The Morgan fingerprint density at radius 1 is 1.15 bits per heavy atom. The Balaban J connectivity index is 2.15. The lowest BCUT2D eigenvalue weighted by Crippen LogP contribution is -2.21. The van der Waals surface area contributed by atoms with Crippen molar-refractivity contribution in [3.05, 3.63) is 52.0 Å². The van der Waals surface area contributed by atoms with Gasteiger partial charge in [0, 0.05) is 34.1 Å². The van der Waals surface area contributed by atoms with E-state index in [0.29, 0.717) is 16.3 Å². The molecule has 0 heterocycles. The fraction of sp³-hybridized carbons (Fsp3) is 0.188. The van der Waals surface area contributed by atoms with Crippen molar-refractivity contribution in [2.75, 3.05) is 17.2 Å². The summed E-state index contributed by atoms with van der Waals surface area (Å²) < 4.78 is 40.7. The molecule has 0 atom stereocenters. The highest BCUT2D eigenvalue weighted by atomic mass is 35.5. The van der Waals surface area contributed by atoms with Crippen molar-refractivity contribution in [2.45, 2.75) is 12.8 Å². The van der Waals surface area contributed by atoms with Gasteiger partial charge >= 0.3 is 12.4 Å². The van der Waals surface area contributed by atoms with Crippen LogP contribution in [0, 0.1) is 0 Å². The summed E-state index contributed by atoms with van der Waals surface area (Å²) in [5.41, 5.74) is 0.886. The molecule has 2 amide bonds. The molecular formula is C16H13Cl2F3N2O3. The minimum absolute atomic E-state index is 0.0000127. The van der Waals surface area contributed by atoms with E-state index >= 15 is 0 Å². The highest BCUT2D eigenvalue weighted by molar-refractivity contribution is 6.32. The number of rotatable bonds is 5. The maximum atomic E-state index is 12.3. The first-order valence-corrected chi connectivity index (χ1v) is 7.96. The Kier molecular flexibility index (Phi) is 6.57. The molecular weight excluding hydrogens is 396 g/mol. The molecule has 0 aliphatic rings. The van der Waals surface area contributed by atoms with E-state index in [1.807, 2.05) is 0 Å². The standard InChI is InChI=1S/C16H13Cl2F3N2O3/c17-9-6-10(8-11(7-9)26-16(19,20)21)22-15(25)23-14-3-1-2-13(18)12(14)4-5-24/h1-3,6-8,24H,4-5H2,(H2,22,23,25). The first kappa shape index (κ1) is 20.2. The van der Waals surface area contributed by atoms with Gasteiger partial charge in [-0.05, 0) is 36.2 Å². The molecule has 2 aromatic carbocycles. The van der Waals surface area contributed by atoms with Crippen molar-refractivity contribution in [1.29, 1.82) is 0 Å². The number of anilines is 2. The van der Waals surface area contributed by atoms with Gasteiger partial charge in [0.15, 0.2) is 0 Å². The third-order valence-corrected chi connectivity index (χ3v) is 3.66. The maximum absolute atomic E-state index is 12.3. The number of ether oxygens (including phenoxy) is 1. The summed E-state index contributed by atoms with van der Waals surface area (Å²) >= 11 is 11.8. The third-order valence-electron chi connectivity index (χ3n) is 3.09. The van der Waals surface area contributed by atoms with Gasteiger partial charge in [0.1, 0.15) is 5.75 Å². The number of nitrogens with one attached hydrogen (secondary N) is 2. The summed E-state index contributed by atoms with van der Waals surface area (Å²) in [6.45, 7) is -0.174. The van der Waals surface area contributed by atoms with E-state index in [0.717, 1.165) is 12.1 Å². The van der Waals surface area contributed by atoms with Crippen LogP contribution in [0.3, 0.4) is 0 Å². The van der Waals surface area contributed by atoms with Crippen LogP contribution in [0.4, 0.5) is 29.3 Å². The molecule has 0 aromatic heterocycles. The number of hydrogen-bond donors (Lipinski definition) is 3. The number of amides is 2. The highest BCUT2D eigenvalue weighted by Gasteiger charge is 2.31. The lowest BCUT2D eigenvalue weighted by molar-refractivity contribution is -0.274. The Morgan fingerprint density at radius 3 is 2.54 bits per heavy atom. The molecule has 0 radical (unpaired) electrons. The number of hydrogen-bond acceptors (Lipinski definition) is 3. The number of benzene rings is 2. The Morgan fingerprint density at radius 2 is 1.88 bits per heavy atom. The van der Waals surface area contributed by atoms with Crippen LogP contribution >= 0.6 is 23.2 Å². The van der Waals surface area contributed by atoms with Gasteiger partial charge in [-0.25, -0.2) is 4.79 Å². The van der Waals surface area contributed by atoms with Crippen LogP contribution in [0.2, 0.25) is 10.0 Å². The molecule has 0 spiro atoms. The van der Waals surface area contributed by atoms with Crippen molar-refractivity contribution < 1.29 is 27.8 Å². The number of halogens is 5. The topological polar surface area (TPSA) is 70.6 Å². The number of carbonyl (C=O) groups excluding carboxylic acids is 1. The second-order valence-electron chi connectivity index (χ2n) is 5.04. The highest BCUT2D eigenvalue weighted by Crippen LogP contribution is 2.29. The van der Waals surface area contributed by atoms with E-state index in [-0.39, 0.29) is 23.7 Å². The molecule has 0 fully saturated rings. The van der Waals surface area contributed by atoms with E-state index in [1.54, 1.807) is 18.2 Å². The van der Waals surface area contributed by atoms with Gasteiger partial charge in [-0.3, -0.25) is 0 Å². The van der Waals surface area contributed by atoms with Gasteiger partial charge < -0.3 is 20.5 Å². The van der Waals surface area contributed by atoms with Gasteiger partial charge in [-0.15, -0.1) is 13.2 Å². The van der Waals surface area contributed by atoms with Crippen LogP contribution in [0.5, 0.6) is 5.75 Å². The van der Waals surface area contributed by atoms with Crippen LogP contribution < -0.4 is 15.4 Å². The van der Waals surface area contributed by atoms with Crippen molar-refractivity contribution in [3.8, 4) is 5.75 Å². The molecule has 0 aliphatic carbocycles. The van der Waals surface area contributed by atoms with Gasteiger partial charge in [-0.2, -0.15) is 0 Å². The van der Waals surface area contributed by atoms with E-state index in [9.17, 15) is 18.0 Å². The minimum Gasteiger partial charge on any atom is -0.406 e. The van der Waals surface area contributed by atoms with Gasteiger partial charge in [-0.1, -0.05) is 29.3 Å². The molecule has 5 nitrogen and oxygen atoms in total. The van der Waals surface area contributed by atoms with Crippen molar-refractivity contribution in [3.63, 3.8) is 0 Å². The first-order valence-electron chi connectivity index (χ1n) is 7.20.